The van der Waals surface area contributed by atoms with Crippen molar-refractivity contribution in [3.63, 3.8) is 0 Å². The molecule has 4 heteroatoms. The molecule has 0 saturated heterocycles. The van der Waals surface area contributed by atoms with Gasteiger partial charge < -0.3 is 14.4 Å². The molecule has 18 heavy (non-hydrogen) atoms. The number of benzene rings is 1. The van der Waals surface area contributed by atoms with E-state index in [1.807, 2.05) is 42.9 Å². The molecule has 0 fully saturated rings. The van der Waals surface area contributed by atoms with Crippen molar-refractivity contribution < 1.29 is 9.84 Å². The smallest absolute Gasteiger partial charge is 0.122 e. The Morgan fingerprint density at radius 1 is 1.44 bits per heavy atom. The van der Waals surface area contributed by atoms with Crippen LogP contribution in [0.5, 0.6) is 5.75 Å². The summed E-state index contributed by atoms with van der Waals surface area (Å²) < 4.78 is 7.17. The van der Waals surface area contributed by atoms with Gasteiger partial charge in [-0.25, -0.2) is 4.98 Å². The molecule has 0 spiro atoms. The zero-order chi connectivity index (χ0) is 13.1. The molecule has 4 nitrogen and oxygen atoms in total. The van der Waals surface area contributed by atoms with Gasteiger partial charge in [-0.1, -0.05) is 12.1 Å². The summed E-state index contributed by atoms with van der Waals surface area (Å²) >= 11 is 0. The Hall–Kier alpha value is -1.81. The zero-order valence-corrected chi connectivity index (χ0v) is 10.9. The predicted molar refractivity (Wildman–Crippen MR) is 69.6 cm³/mol. The third-order valence-corrected chi connectivity index (χ3v) is 3.11. The summed E-state index contributed by atoms with van der Waals surface area (Å²) in [6.07, 6.45) is 3.53. The summed E-state index contributed by atoms with van der Waals surface area (Å²) in [5, 5.41) is 10.2. The van der Waals surface area contributed by atoms with Gasteiger partial charge in [-0.15, -0.1) is 0 Å². The minimum Gasteiger partial charge on any atom is -0.496 e. The lowest BCUT2D eigenvalue weighted by Gasteiger charge is -2.13. The molecule has 1 heterocycles. The quantitative estimate of drug-likeness (QED) is 0.897. The van der Waals surface area contributed by atoms with Crippen LogP contribution in [0.15, 0.2) is 30.6 Å². The van der Waals surface area contributed by atoms with Crippen molar-refractivity contribution in [3.8, 4) is 5.75 Å². The molecule has 2 aromatic rings. The van der Waals surface area contributed by atoms with Gasteiger partial charge in [0.05, 0.1) is 13.2 Å². The van der Waals surface area contributed by atoms with Crippen LogP contribution in [0, 0.1) is 6.92 Å². The van der Waals surface area contributed by atoms with Crippen molar-refractivity contribution in [2.45, 2.75) is 19.4 Å². The molecule has 1 atom stereocenters. The van der Waals surface area contributed by atoms with Gasteiger partial charge >= 0.3 is 0 Å². The van der Waals surface area contributed by atoms with Crippen LogP contribution in [-0.2, 0) is 13.5 Å². The highest BCUT2D eigenvalue weighted by atomic mass is 16.5. The van der Waals surface area contributed by atoms with Crippen LogP contribution in [0.1, 0.15) is 23.1 Å². The Bertz CT molecular complexity index is 534. The minimum atomic E-state index is -0.569. The zero-order valence-electron chi connectivity index (χ0n) is 10.9. The summed E-state index contributed by atoms with van der Waals surface area (Å²) in [5.74, 6) is 1.66. The first-order chi connectivity index (χ1) is 8.61. The van der Waals surface area contributed by atoms with E-state index in [9.17, 15) is 5.11 Å². The molecular formula is C14H18N2O2. The van der Waals surface area contributed by atoms with E-state index in [-0.39, 0.29) is 0 Å². The summed E-state index contributed by atoms with van der Waals surface area (Å²) in [6.45, 7) is 1.98. The molecule has 0 aliphatic heterocycles. The fraction of sp³-hybridized carbons (Fsp3) is 0.357. The number of rotatable bonds is 4. The Morgan fingerprint density at radius 2 is 2.22 bits per heavy atom. The van der Waals surface area contributed by atoms with Crippen LogP contribution in [0.25, 0.3) is 0 Å². The van der Waals surface area contributed by atoms with Crippen LogP contribution < -0.4 is 4.74 Å². The van der Waals surface area contributed by atoms with E-state index in [2.05, 4.69) is 4.98 Å². The molecule has 0 saturated carbocycles. The molecule has 0 aliphatic rings. The summed E-state index contributed by atoms with van der Waals surface area (Å²) in [4.78, 5) is 4.21. The van der Waals surface area contributed by atoms with Gasteiger partial charge in [0, 0.05) is 25.9 Å². The molecule has 96 valence electrons. The molecule has 0 bridgehead atoms. The van der Waals surface area contributed by atoms with Gasteiger partial charge in [0.2, 0.25) is 0 Å². The number of aliphatic hydroxyl groups is 1. The monoisotopic (exact) mass is 246 g/mol. The number of aryl methyl sites for hydroxylation is 2. The van der Waals surface area contributed by atoms with E-state index >= 15 is 0 Å². The van der Waals surface area contributed by atoms with Crippen LogP contribution >= 0.6 is 0 Å². The highest BCUT2D eigenvalue weighted by molar-refractivity contribution is 5.37. The normalized spacial score (nSPS) is 12.4. The highest BCUT2D eigenvalue weighted by Gasteiger charge is 2.13. The summed E-state index contributed by atoms with van der Waals surface area (Å²) in [6, 6.07) is 5.75. The first-order valence-corrected chi connectivity index (χ1v) is 5.90. The minimum absolute atomic E-state index is 0.496. The van der Waals surface area contributed by atoms with E-state index in [0.29, 0.717) is 6.42 Å². The lowest BCUT2D eigenvalue weighted by atomic mass is 10.0. The van der Waals surface area contributed by atoms with Crippen molar-refractivity contribution >= 4 is 0 Å². The van der Waals surface area contributed by atoms with Crippen molar-refractivity contribution in [3.05, 3.63) is 47.5 Å². The molecule has 0 aliphatic carbocycles. The summed E-state index contributed by atoms with van der Waals surface area (Å²) in [5.41, 5.74) is 1.91. The fourth-order valence-electron chi connectivity index (χ4n) is 1.93. The average molecular weight is 246 g/mol. The topological polar surface area (TPSA) is 47.3 Å². The number of aromatic nitrogens is 2. The molecule has 2 rings (SSSR count). The van der Waals surface area contributed by atoms with Gasteiger partial charge in [0.1, 0.15) is 11.6 Å². The van der Waals surface area contributed by atoms with E-state index in [4.69, 9.17) is 4.74 Å². The van der Waals surface area contributed by atoms with Crippen molar-refractivity contribution in [1.29, 1.82) is 0 Å². The number of nitrogens with zero attached hydrogens (tertiary/aromatic N) is 2. The lowest BCUT2D eigenvalue weighted by Crippen LogP contribution is -2.07. The number of methoxy groups -OCH3 is 1. The third-order valence-electron chi connectivity index (χ3n) is 3.11. The van der Waals surface area contributed by atoms with Gasteiger partial charge in [-0.05, 0) is 24.1 Å². The molecule has 0 amide bonds. The number of ether oxygens (including phenoxy) is 1. The van der Waals surface area contributed by atoms with E-state index in [1.54, 1.807) is 13.3 Å². The maximum absolute atomic E-state index is 10.2. The van der Waals surface area contributed by atoms with Crippen LogP contribution in [0.3, 0.4) is 0 Å². The molecule has 0 radical (unpaired) electrons. The molecule has 1 aromatic heterocycles. The van der Waals surface area contributed by atoms with Gasteiger partial charge in [0.25, 0.3) is 0 Å². The summed E-state index contributed by atoms with van der Waals surface area (Å²) in [7, 11) is 3.56. The predicted octanol–water partition coefficient (Wildman–Crippen LogP) is 2.01. The van der Waals surface area contributed by atoms with Crippen LogP contribution in [0.4, 0.5) is 0 Å². The number of hydrogen-bond acceptors (Lipinski definition) is 3. The van der Waals surface area contributed by atoms with Gasteiger partial charge in [-0.2, -0.15) is 0 Å². The third kappa shape index (κ3) is 2.54. The maximum Gasteiger partial charge on any atom is 0.122 e. The second-order valence-corrected chi connectivity index (χ2v) is 4.40. The first-order valence-electron chi connectivity index (χ1n) is 5.90. The Morgan fingerprint density at radius 3 is 2.83 bits per heavy atom. The van der Waals surface area contributed by atoms with Crippen molar-refractivity contribution in [2.24, 2.45) is 7.05 Å². The van der Waals surface area contributed by atoms with Gasteiger partial charge in [-0.3, -0.25) is 0 Å². The molecular weight excluding hydrogens is 228 g/mol. The molecule has 1 N–H and O–H groups in total. The molecule has 1 aromatic carbocycles. The number of aliphatic hydroxyl groups excluding tert-OH is 1. The second kappa shape index (κ2) is 5.23. The maximum atomic E-state index is 10.2. The van der Waals surface area contributed by atoms with E-state index in [1.165, 1.54) is 0 Å². The SMILES string of the molecule is COc1cc(C(O)Cc2nccn2C)ccc1C. The Balaban J connectivity index is 2.18. The van der Waals surface area contributed by atoms with Crippen molar-refractivity contribution in [1.82, 2.24) is 9.55 Å². The number of imidazole rings is 1. The Labute approximate surface area is 107 Å². The van der Waals surface area contributed by atoms with Gasteiger partial charge in [0.15, 0.2) is 0 Å². The lowest BCUT2D eigenvalue weighted by molar-refractivity contribution is 0.174. The van der Waals surface area contributed by atoms with Crippen LogP contribution in [-0.4, -0.2) is 21.8 Å². The van der Waals surface area contributed by atoms with Crippen molar-refractivity contribution in [2.75, 3.05) is 7.11 Å². The molecule has 1 unspecified atom stereocenters. The average Bonchev–Trinajstić information content (AvgIpc) is 2.75. The van der Waals surface area contributed by atoms with Crippen LogP contribution in [0.2, 0.25) is 0 Å². The second-order valence-electron chi connectivity index (χ2n) is 4.40. The fourth-order valence-corrected chi connectivity index (χ4v) is 1.93. The number of hydrogen-bond donors (Lipinski definition) is 1. The van der Waals surface area contributed by atoms with E-state index in [0.717, 1.165) is 22.7 Å². The largest absolute Gasteiger partial charge is 0.496 e. The highest BCUT2D eigenvalue weighted by Crippen LogP contribution is 2.24. The van der Waals surface area contributed by atoms with E-state index < -0.39 is 6.10 Å². The standard InChI is InChI=1S/C14H18N2O2/c1-10-4-5-11(8-13(10)18-3)12(17)9-14-15-6-7-16(14)2/h4-8,12,17H,9H2,1-3H3. The Kier molecular flexibility index (Phi) is 3.67. The first kappa shape index (κ1) is 12.6.